The van der Waals surface area contributed by atoms with Gasteiger partial charge in [-0.05, 0) is 54.7 Å². The van der Waals surface area contributed by atoms with Gasteiger partial charge in [-0.2, -0.15) is 9.49 Å². The quantitative estimate of drug-likeness (QED) is 0.551. The number of halogens is 1. The zero-order valence-corrected chi connectivity index (χ0v) is 19.3. The summed E-state index contributed by atoms with van der Waals surface area (Å²) in [6.45, 7) is 5.31. The van der Waals surface area contributed by atoms with Crippen LogP contribution in [0.25, 0.3) is 11.1 Å². The predicted molar refractivity (Wildman–Crippen MR) is 126 cm³/mol. The van der Waals surface area contributed by atoms with E-state index < -0.39 is 5.95 Å². The highest BCUT2D eigenvalue weighted by molar-refractivity contribution is 5.76. The molecule has 0 unspecified atom stereocenters. The van der Waals surface area contributed by atoms with Gasteiger partial charge in [0.1, 0.15) is 0 Å². The summed E-state index contributed by atoms with van der Waals surface area (Å²) in [5, 5.41) is 5.15. The molecule has 1 fully saturated rings. The van der Waals surface area contributed by atoms with Gasteiger partial charge in [-0.3, -0.25) is 9.48 Å². The second-order valence-electron chi connectivity index (χ2n) is 9.37. The highest BCUT2D eigenvalue weighted by Crippen LogP contribution is 2.40. The highest BCUT2D eigenvalue weighted by atomic mass is 19.1. The topological polar surface area (TPSA) is 63.5 Å². The number of carbonyl (C=O) groups excluding carboxylic acids is 1. The van der Waals surface area contributed by atoms with Gasteiger partial charge >= 0.3 is 0 Å². The van der Waals surface area contributed by atoms with E-state index in [1.54, 1.807) is 19.2 Å². The lowest BCUT2D eigenvalue weighted by molar-refractivity contribution is -0.129. The number of pyridine rings is 1. The number of aromatic nitrogens is 3. The maximum Gasteiger partial charge on any atom is 0.219 e. The lowest BCUT2D eigenvalue weighted by Crippen LogP contribution is -2.35. The number of hydrogen-bond donors (Lipinski definition) is 0. The zero-order chi connectivity index (χ0) is 23.2. The first-order chi connectivity index (χ1) is 16.6. The summed E-state index contributed by atoms with van der Waals surface area (Å²) in [7, 11) is 0. The van der Waals surface area contributed by atoms with Crippen LogP contribution < -0.4 is 4.90 Å². The van der Waals surface area contributed by atoms with Crippen LogP contribution in [0.2, 0.25) is 0 Å². The fraction of sp³-hybridized carbons (Fsp3) is 0.423. The van der Waals surface area contributed by atoms with Gasteiger partial charge in [0.2, 0.25) is 11.9 Å². The minimum atomic E-state index is -0.472. The van der Waals surface area contributed by atoms with Crippen LogP contribution in [0.3, 0.4) is 0 Å². The number of benzene rings is 1. The Morgan fingerprint density at radius 1 is 1.15 bits per heavy atom. The Hall–Kier alpha value is -3.26. The molecule has 0 N–H and O–H groups in total. The van der Waals surface area contributed by atoms with E-state index in [2.05, 4.69) is 32.8 Å². The van der Waals surface area contributed by atoms with Crippen molar-refractivity contribution in [3.05, 3.63) is 59.3 Å². The van der Waals surface area contributed by atoms with E-state index in [-0.39, 0.29) is 11.9 Å². The number of carbonyl (C=O) groups is 1. The molecule has 1 aromatic carbocycles. The van der Waals surface area contributed by atoms with Crippen molar-refractivity contribution < 1.29 is 13.9 Å². The first-order valence-corrected chi connectivity index (χ1v) is 12.0. The van der Waals surface area contributed by atoms with Crippen molar-refractivity contribution in [3.8, 4) is 11.1 Å². The van der Waals surface area contributed by atoms with Gasteiger partial charge in [0, 0.05) is 61.7 Å². The van der Waals surface area contributed by atoms with Crippen LogP contribution >= 0.6 is 0 Å². The fourth-order valence-corrected chi connectivity index (χ4v) is 5.47. The third-order valence-corrected chi connectivity index (χ3v) is 7.28. The van der Waals surface area contributed by atoms with E-state index in [1.807, 2.05) is 4.90 Å². The van der Waals surface area contributed by atoms with Crippen LogP contribution in [-0.4, -0.2) is 51.9 Å². The van der Waals surface area contributed by atoms with Crippen LogP contribution in [0.15, 0.2) is 36.5 Å². The maximum atomic E-state index is 13.3. The van der Waals surface area contributed by atoms with Crippen LogP contribution in [0, 0.1) is 5.95 Å². The minimum absolute atomic E-state index is 0.102. The molecule has 1 atom stereocenters. The Bertz CT molecular complexity index is 1230. The van der Waals surface area contributed by atoms with Crippen molar-refractivity contribution in [2.24, 2.45) is 0 Å². The lowest BCUT2D eigenvalue weighted by atomic mass is 9.96. The Morgan fingerprint density at radius 3 is 2.79 bits per heavy atom. The molecule has 5 heterocycles. The largest absolute Gasteiger partial charge is 0.379 e. The molecule has 0 saturated carbocycles. The number of rotatable bonds is 3. The predicted octanol–water partition coefficient (Wildman–Crippen LogP) is 4.03. The average molecular weight is 462 g/mol. The van der Waals surface area contributed by atoms with Crippen molar-refractivity contribution in [2.75, 3.05) is 31.2 Å². The number of hydrogen-bond acceptors (Lipinski definition) is 5. The van der Waals surface area contributed by atoms with Gasteiger partial charge in [-0.1, -0.05) is 6.07 Å². The number of aryl methyl sites for hydroxylation is 1. The number of ether oxygens (including phenoxy) is 1. The normalized spacial score (nSPS) is 19.8. The molecule has 8 heteroatoms. The first-order valence-electron chi connectivity index (χ1n) is 12.0. The fourth-order valence-electron chi connectivity index (χ4n) is 5.47. The number of anilines is 2. The minimum Gasteiger partial charge on any atom is -0.379 e. The van der Waals surface area contributed by atoms with Gasteiger partial charge in [-0.25, -0.2) is 4.98 Å². The highest BCUT2D eigenvalue weighted by Gasteiger charge is 2.33. The average Bonchev–Trinajstić information content (AvgIpc) is 3.51. The SMILES string of the molecule is CC(=O)N1CCc2c(c(N3CCCc4cc(-c5ccc(F)nc5)ccc43)nn2[C@H]2CCOC2)C1. The third-order valence-electron chi connectivity index (χ3n) is 7.28. The van der Waals surface area contributed by atoms with E-state index >= 15 is 0 Å². The molecule has 7 nitrogen and oxygen atoms in total. The van der Waals surface area contributed by atoms with Crippen molar-refractivity contribution in [1.82, 2.24) is 19.7 Å². The van der Waals surface area contributed by atoms with Gasteiger partial charge in [0.25, 0.3) is 0 Å². The Morgan fingerprint density at radius 2 is 2.03 bits per heavy atom. The number of fused-ring (bicyclic) bond motifs is 2. The maximum absolute atomic E-state index is 13.3. The molecular weight excluding hydrogens is 433 g/mol. The second-order valence-corrected chi connectivity index (χ2v) is 9.37. The van der Waals surface area contributed by atoms with E-state index in [4.69, 9.17) is 9.84 Å². The molecule has 0 radical (unpaired) electrons. The molecule has 176 valence electrons. The summed E-state index contributed by atoms with van der Waals surface area (Å²) in [4.78, 5) is 20.2. The molecule has 34 heavy (non-hydrogen) atoms. The summed E-state index contributed by atoms with van der Waals surface area (Å²) in [5.41, 5.74) is 6.74. The van der Waals surface area contributed by atoms with Crippen molar-refractivity contribution in [1.29, 1.82) is 0 Å². The molecule has 3 aromatic rings. The summed E-state index contributed by atoms with van der Waals surface area (Å²) in [6.07, 6.45) is 5.36. The molecule has 3 aliphatic heterocycles. The van der Waals surface area contributed by atoms with E-state index in [0.717, 1.165) is 73.6 Å². The number of nitrogens with zero attached hydrogens (tertiary/aromatic N) is 5. The molecule has 6 rings (SSSR count). The monoisotopic (exact) mass is 461 g/mol. The molecule has 1 amide bonds. The summed E-state index contributed by atoms with van der Waals surface area (Å²) in [6, 6.07) is 9.82. The molecule has 0 aliphatic carbocycles. The van der Waals surface area contributed by atoms with Gasteiger partial charge in [-0.15, -0.1) is 0 Å². The van der Waals surface area contributed by atoms with E-state index in [1.165, 1.54) is 17.3 Å². The third kappa shape index (κ3) is 3.66. The summed E-state index contributed by atoms with van der Waals surface area (Å²) in [5.74, 6) is 0.593. The summed E-state index contributed by atoms with van der Waals surface area (Å²) < 4.78 is 21.1. The number of amides is 1. The lowest BCUT2D eigenvalue weighted by Gasteiger charge is -2.32. The van der Waals surface area contributed by atoms with E-state index in [9.17, 15) is 9.18 Å². The summed E-state index contributed by atoms with van der Waals surface area (Å²) >= 11 is 0. The van der Waals surface area contributed by atoms with Crippen molar-refractivity contribution >= 4 is 17.4 Å². The molecular formula is C26H28FN5O2. The molecule has 0 bridgehead atoms. The van der Waals surface area contributed by atoms with Crippen molar-refractivity contribution in [3.63, 3.8) is 0 Å². The molecule has 3 aliphatic rings. The van der Waals surface area contributed by atoms with Gasteiger partial charge in [0.05, 0.1) is 19.2 Å². The van der Waals surface area contributed by atoms with Gasteiger partial charge < -0.3 is 14.5 Å². The first kappa shape index (κ1) is 21.3. The van der Waals surface area contributed by atoms with Crippen molar-refractivity contribution in [2.45, 2.75) is 45.2 Å². The molecule has 0 spiro atoms. The van der Waals surface area contributed by atoms with Crippen LogP contribution in [-0.2, 0) is 28.9 Å². The van der Waals surface area contributed by atoms with Crippen LogP contribution in [0.1, 0.15) is 42.6 Å². The Balaban J connectivity index is 1.41. The smallest absolute Gasteiger partial charge is 0.219 e. The standard InChI is InChI=1S/C26H28FN5O2/c1-17(33)30-11-8-24-22(15-30)26(29-32(24)21-9-12-34-16-21)31-10-2-3-19-13-18(4-6-23(19)31)20-5-7-25(27)28-14-20/h4-7,13-14,21H,2-3,8-12,15-16H2,1H3/t21-/m0/s1. The second kappa shape index (κ2) is 8.51. The van der Waals surface area contributed by atoms with Gasteiger partial charge in [0.15, 0.2) is 5.82 Å². The Labute approximate surface area is 198 Å². The van der Waals surface area contributed by atoms with Crippen LogP contribution in [0.4, 0.5) is 15.9 Å². The van der Waals surface area contributed by atoms with E-state index in [0.29, 0.717) is 13.2 Å². The Kier molecular flexibility index (Phi) is 5.32. The van der Waals surface area contributed by atoms with Crippen LogP contribution in [0.5, 0.6) is 0 Å². The molecule has 1 saturated heterocycles. The zero-order valence-electron chi connectivity index (χ0n) is 19.3. The molecule has 2 aromatic heterocycles.